The molecule has 1 unspecified atom stereocenters. The Balaban J connectivity index is 1.92. The minimum Gasteiger partial charge on any atom is -0.486 e. The third-order valence-corrected chi connectivity index (χ3v) is 3.48. The molecule has 0 bridgehead atoms. The van der Waals surface area contributed by atoms with Crippen LogP contribution in [-0.2, 0) is 11.3 Å². The standard InChI is InChI=1S/C16H25NO3/c1-4-18-11-14(12(2)3)17-10-13-5-6-15-16(9-13)20-8-7-19-15/h5-6,9,12,14,17H,4,7-8,10-11H2,1-3H3. The molecule has 0 aliphatic carbocycles. The van der Waals surface area contributed by atoms with Crippen molar-refractivity contribution in [2.45, 2.75) is 33.4 Å². The zero-order chi connectivity index (χ0) is 14.4. The molecule has 1 heterocycles. The molecule has 0 amide bonds. The lowest BCUT2D eigenvalue weighted by Gasteiger charge is -2.23. The zero-order valence-electron chi connectivity index (χ0n) is 12.6. The Labute approximate surface area is 121 Å². The molecule has 1 aliphatic heterocycles. The summed E-state index contributed by atoms with van der Waals surface area (Å²) in [5.74, 6) is 2.23. The van der Waals surface area contributed by atoms with Gasteiger partial charge in [0, 0.05) is 19.2 Å². The van der Waals surface area contributed by atoms with Crippen LogP contribution >= 0.6 is 0 Å². The van der Waals surface area contributed by atoms with E-state index in [4.69, 9.17) is 14.2 Å². The average molecular weight is 279 g/mol. The molecule has 0 radical (unpaired) electrons. The fraction of sp³-hybridized carbons (Fsp3) is 0.625. The van der Waals surface area contributed by atoms with Crippen LogP contribution in [0, 0.1) is 5.92 Å². The molecule has 1 aromatic rings. The van der Waals surface area contributed by atoms with E-state index < -0.39 is 0 Å². The Bertz CT molecular complexity index is 420. The van der Waals surface area contributed by atoms with Crippen LogP contribution in [0.1, 0.15) is 26.3 Å². The second-order valence-corrected chi connectivity index (χ2v) is 5.37. The molecule has 0 spiro atoms. The van der Waals surface area contributed by atoms with Gasteiger partial charge in [-0.05, 0) is 30.5 Å². The number of hydrogen-bond acceptors (Lipinski definition) is 4. The maximum absolute atomic E-state index is 5.61. The highest BCUT2D eigenvalue weighted by Crippen LogP contribution is 2.30. The third-order valence-electron chi connectivity index (χ3n) is 3.48. The molecule has 0 saturated heterocycles. The van der Waals surface area contributed by atoms with E-state index in [9.17, 15) is 0 Å². The Kier molecular flexibility index (Phi) is 5.68. The van der Waals surface area contributed by atoms with Gasteiger partial charge < -0.3 is 19.5 Å². The van der Waals surface area contributed by atoms with Gasteiger partial charge in [-0.2, -0.15) is 0 Å². The van der Waals surface area contributed by atoms with Crippen LogP contribution in [0.4, 0.5) is 0 Å². The largest absolute Gasteiger partial charge is 0.486 e. The fourth-order valence-electron chi connectivity index (χ4n) is 2.18. The van der Waals surface area contributed by atoms with E-state index in [1.165, 1.54) is 5.56 Å². The molecule has 2 rings (SSSR count). The zero-order valence-corrected chi connectivity index (χ0v) is 12.6. The van der Waals surface area contributed by atoms with E-state index in [0.717, 1.165) is 31.3 Å². The molecule has 0 saturated carbocycles. The molecule has 1 N–H and O–H groups in total. The predicted molar refractivity (Wildman–Crippen MR) is 79.4 cm³/mol. The van der Waals surface area contributed by atoms with Gasteiger partial charge in [0.15, 0.2) is 11.5 Å². The lowest BCUT2D eigenvalue weighted by atomic mass is 10.0. The van der Waals surface area contributed by atoms with Crippen molar-refractivity contribution in [2.24, 2.45) is 5.92 Å². The average Bonchev–Trinajstić information content (AvgIpc) is 2.46. The second-order valence-electron chi connectivity index (χ2n) is 5.37. The van der Waals surface area contributed by atoms with Gasteiger partial charge in [-0.1, -0.05) is 19.9 Å². The summed E-state index contributed by atoms with van der Waals surface area (Å²) in [4.78, 5) is 0. The summed E-state index contributed by atoms with van der Waals surface area (Å²) in [6, 6.07) is 6.49. The summed E-state index contributed by atoms with van der Waals surface area (Å²) in [5, 5.41) is 3.56. The molecule has 20 heavy (non-hydrogen) atoms. The fourth-order valence-corrected chi connectivity index (χ4v) is 2.18. The highest BCUT2D eigenvalue weighted by molar-refractivity contribution is 5.43. The summed E-state index contributed by atoms with van der Waals surface area (Å²) in [7, 11) is 0. The first-order chi connectivity index (χ1) is 9.70. The summed E-state index contributed by atoms with van der Waals surface area (Å²) >= 11 is 0. The van der Waals surface area contributed by atoms with Gasteiger partial charge in [0.2, 0.25) is 0 Å². The van der Waals surface area contributed by atoms with Gasteiger partial charge in [0.05, 0.1) is 6.61 Å². The van der Waals surface area contributed by atoms with E-state index in [2.05, 4.69) is 31.3 Å². The van der Waals surface area contributed by atoms with Crippen LogP contribution in [0.5, 0.6) is 11.5 Å². The van der Waals surface area contributed by atoms with E-state index in [1.54, 1.807) is 0 Å². The van der Waals surface area contributed by atoms with Crippen LogP contribution in [0.3, 0.4) is 0 Å². The quantitative estimate of drug-likeness (QED) is 0.833. The molecule has 4 nitrogen and oxygen atoms in total. The first-order valence-corrected chi connectivity index (χ1v) is 7.40. The molecule has 0 fully saturated rings. The Morgan fingerprint density at radius 1 is 1.20 bits per heavy atom. The molecule has 0 aromatic heterocycles. The number of rotatable bonds is 7. The van der Waals surface area contributed by atoms with Crippen LogP contribution in [0.15, 0.2) is 18.2 Å². The van der Waals surface area contributed by atoms with Gasteiger partial charge in [-0.3, -0.25) is 0 Å². The molecular weight excluding hydrogens is 254 g/mol. The minimum absolute atomic E-state index is 0.364. The maximum atomic E-state index is 5.61. The smallest absolute Gasteiger partial charge is 0.161 e. The monoisotopic (exact) mass is 279 g/mol. The Morgan fingerprint density at radius 2 is 1.95 bits per heavy atom. The molecule has 4 heteroatoms. The van der Waals surface area contributed by atoms with E-state index >= 15 is 0 Å². The van der Waals surface area contributed by atoms with Crippen molar-refractivity contribution < 1.29 is 14.2 Å². The van der Waals surface area contributed by atoms with Gasteiger partial charge in [0.25, 0.3) is 0 Å². The molecule has 1 aliphatic rings. The van der Waals surface area contributed by atoms with Gasteiger partial charge >= 0.3 is 0 Å². The van der Waals surface area contributed by atoms with Crippen LogP contribution in [-0.4, -0.2) is 32.5 Å². The van der Waals surface area contributed by atoms with Crippen molar-refractivity contribution in [2.75, 3.05) is 26.4 Å². The Morgan fingerprint density at radius 3 is 2.65 bits per heavy atom. The van der Waals surface area contributed by atoms with Crippen LogP contribution in [0.2, 0.25) is 0 Å². The normalized spacial score (nSPS) is 15.4. The van der Waals surface area contributed by atoms with Gasteiger partial charge in [-0.25, -0.2) is 0 Å². The number of hydrogen-bond donors (Lipinski definition) is 1. The van der Waals surface area contributed by atoms with Crippen molar-refractivity contribution in [3.63, 3.8) is 0 Å². The number of benzene rings is 1. The van der Waals surface area contributed by atoms with E-state index in [-0.39, 0.29) is 0 Å². The first-order valence-electron chi connectivity index (χ1n) is 7.40. The van der Waals surface area contributed by atoms with E-state index in [1.807, 2.05) is 13.0 Å². The first kappa shape index (κ1) is 15.1. The third kappa shape index (κ3) is 4.12. The van der Waals surface area contributed by atoms with Crippen LogP contribution < -0.4 is 14.8 Å². The van der Waals surface area contributed by atoms with Gasteiger partial charge in [0.1, 0.15) is 13.2 Å². The minimum atomic E-state index is 0.364. The summed E-state index contributed by atoms with van der Waals surface area (Å²) in [6.45, 7) is 10.0. The van der Waals surface area contributed by atoms with Crippen molar-refractivity contribution in [3.8, 4) is 11.5 Å². The number of nitrogens with one attached hydrogen (secondary N) is 1. The van der Waals surface area contributed by atoms with Crippen LogP contribution in [0.25, 0.3) is 0 Å². The highest BCUT2D eigenvalue weighted by Gasteiger charge is 2.15. The maximum Gasteiger partial charge on any atom is 0.161 e. The van der Waals surface area contributed by atoms with Gasteiger partial charge in [-0.15, -0.1) is 0 Å². The van der Waals surface area contributed by atoms with Crippen molar-refractivity contribution in [3.05, 3.63) is 23.8 Å². The highest BCUT2D eigenvalue weighted by atomic mass is 16.6. The molecule has 112 valence electrons. The lowest BCUT2D eigenvalue weighted by Crippen LogP contribution is -2.37. The van der Waals surface area contributed by atoms with Crippen molar-refractivity contribution in [1.82, 2.24) is 5.32 Å². The van der Waals surface area contributed by atoms with E-state index in [0.29, 0.717) is 25.2 Å². The summed E-state index contributed by atoms with van der Waals surface area (Å²) in [5.41, 5.74) is 1.20. The van der Waals surface area contributed by atoms with Crippen molar-refractivity contribution in [1.29, 1.82) is 0 Å². The summed E-state index contributed by atoms with van der Waals surface area (Å²) < 4.78 is 16.7. The lowest BCUT2D eigenvalue weighted by molar-refractivity contribution is 0.108. The Hall–Kier alpha value is -1.26. The molecular formula is C16H25NO3. The SMILES string of the molecule is CCOCC(NCc1ccc2c(c1)OCCO2)C(C)C. The second kappa shape index (κ2) is 7.50. The predicted octanol–water partition coefficient (Wildman–Crippen LogP) is 2.61. The molecule has 1 atom stereocenters. The topological polar surface area (TPSA) is 39.7 Å². The number of ether oxygens (including phenoxy) is 3. The summed E-state index contributed by atoms with van der Waals surface area (Å²) in [6.07, 6.45) is 0. The number of fused-ring (bicyclic) bond motifs is 1. The van der Waals surface area contributed by atoms with Crippen molar-refractivity contribution >= 4 is 0 Å². The molecule has 1 aromatic carbocycles.